The Hall–Kier alpha value is 0.130. The molecule has 54 valence electrons. The van der Waals surface area contributed by atoms with Crippen LogP contribution in [0.4, 0.5) is 0 Å². The number of nitrogens with two attached hydrogens (primary N) is 1. The number of carboxylic acids is 1. The molecule has 0 aromatic heterocycles. The molecule has 0 aliphatic rings. The van der Waals surface area contributed by atoms with Gasteiger partial charge in [-0.05, 0) is 5.75 Å². The number of carbonyl (C=O) groups is 1. The predicted molar refractivity (Wildman–Crippen MR) is 41.9 cm³/mol. The third kappa shape index (κ3) is 4.62. The summed E-state index contributed by atoms with van der Waals surface area (Å²) in [4.78, 5) is 10.0. The highest BCUT2D eigenvalue weighted by atomic mass is 32.2. The van der Waals surface area contributed by atoms with E-state index in [1.165, 1.54) is 11.8 Å². The highest BCUT2D eigenvalue weighted by molar-refractivity contribution is 8.01. The van der Waals surface area contributed by atoms with E-state index in [2.05, 4.69) is 12.6 Å². The van der Waals surface area contributed by atoms with E-state index in [-0.39, 0.29) is 0 Å². The first kappa shape index (κ1) is 9.13. The molecule has 0 aliphatic carbocycles. The van der Waals surface area contributed by atoms with Crippen molar-refractivity contribution in [3.05, 3.63) is 0 Å². The molecule has 0 heterocycles. The summed E-state index contributed by atoms with van der Waals surface area (Å²) < 4.78 is 0. The van der Waals surface area contributed by atoms with E-state index in [1.54, 1.807) is 0 Å². The summed E-state index contributed by atoms with van der Waals surface area (Å²) >= 11 is 5.08. The molecule has 0 saturated carbocycles. The van der Waals surface area contributed by atoms with Gasteiger partial charge in [0.15, 0.2) is 0 Å². The molecular formula is C4H9NO2S2. The van der Waals surface area contributed by atoms with E-state index in [0.717, 1.165) is 0 Å². The van der Waals surface area contributed by atoms with Crippen molar-refractivity contribution in [1.29, 1.82) is 0 Å². The topological polar surface area (TPSA) is 63.3 Å². The summed E-state index contributed by atoms with van der Waals surface area (Å²) in [5.74, 6) is 0.365. The zero-order valence-corrected chi connectivity index (χ0v) is 6.49. The maximum absolute atomic E-state index is 10.0. The third-order valence-electron chi connectivity index (χ3n) is 0.632. The maximum Gasteiger partial charge on any atom is 0.330 e. The van der Waals surface area contributed by atoms with Gasteiger partial charge in [-0.15, -0.1) is 11.8 Å². The van der Waals surface area contributed by atoms with Crippen molar-refractivity contribution in [1.82, 2.24) is 0 Å². The second-order valence-corrected chi connectivity index (χ2v) is 3.05. The van der Waals surface area contributed by atoms with Crippen molar-refractivity contribution < 1.29 is 9.90 Å². The monoisotopic (exact) mass is 167 g/mol. The number of thiol groups is 1. The summed E-state index contributed by atoms with van der Waals surface area (Å²) in [6, 6.07) is 0. The van der Waals surface area contributed by atoms with Gasteiger partial charge < -0.3 is 10.8 Å². The molecule has 0 aromatic carbocycles. The van der Waals surface area contributed by atoms with Gasteiger partial charge in [-0.2, -0.15) is 12.6 Å². The molecule has 0 fully saturated rings. The van der Waals surface area contributed by atoms with Crippen molar-refractivity contribution in [2.75, 3.05) is 11.5 Å². The SMILES string of the molecule is N[C@@H](SCCS)C(=O)O. The van der Waals surface area contributed by atoms with Gasteiger partial charge in [0.2, 0.25) is 0 Å². The molecule has 0 saturated heterocycles. The average Bonchev–Trinajstić information content (AvgIpc) is 1.82. The average molecular weight is 167 g/mol. The van der Waals surface area contributed by atoms with Crippen molar-refractivity contribution >= 4 is 30.4 Å². The maximum atomic E-state index is 10.0. The first-order valence-electron chi connectivity index (χ1n) is 2.39. The van der Waals surface area contributed by atoms with E-state index in [0.29, 0.717) is 11.5 Å². The van der Waals surface area contributed by atoms with Crippen molar-refractivity contribution in [3.8, 4) is 0 Å². The Labute approximate surface area is 63.4 Å². The first-order valence-corrected chi connectivity index (χ1v) is 4.07. The second-order valence-electron chi connectivity index (χ2n) is 1.35. The molecule has 0 rings (SSSR count). The van der Waals surface area contributed by atoms with Crippen molar-refractivity contribution in [3.63, 3.8) is 0 Å². The Balaban J connectivity index is 3.27. The molecule has 0 radical (unpaired) electrons. The fourth-order valence-electron chi connectivity index (χ4n) is 0.251. The molecule has 0 unspecified atom stereocenters. The molecule has 0 aromatic rings. The molecule has 0 bridgehead atoms. The number of rotatable bonds is 4. The van der Waals surface area contributed by atoms with Gasteiger partial charge in [-0.1, -0.05) is 0 Å². The van der Waals surface area contributed by atoms with Gasteiger partial charge in [0, 0.05) is 5.75 Å². The van der Waals surface area contributed by atoms with Gasteiger partial charge in [-0.25, -0.2) is 4.79 Å². The highest BCUT2D eigenvalue weighted by Gasteiger charge is 2.09. The number of aliphatic carboxylic acids is 1. The molecule has 0 aliphatic heterocycles. The quantitative estimate of drug-likeness (QED) is 0.408. The van der Waals surface area contributed by atoms with Crippen LogP contribution in [0, 0.1) is 0 Å². The normalized spacial score (nSPS) is 13.1. The lowest BCUT2D eigenvalue weighted by atomic mass is 10.7. The summed E-state index contributed by atoms with van der Waals surface area (Å²) in [7, 11) is 0. The van der Waals surface area contributed by atoms with E-state index in [1.807, 2.05) is 0 Å². The minimum Gasteiger partial charge on any atom is -0.479 e. The van der Waals surface area contributed by atoms with Gasteiger partial charge in [0.1, 0.15) is 5.37 Å². The largest absolute Gasteiger partial charge is 0.479 e. The summed E-state index contributed by atoms with van der Waals surface area (Å²) in [6.45, 7) is 0. The second kappa shape index (κ2) is 4.96. The van der Waals surface area contributed by atoms with Crippen LogP contribution in [0.1, 0.15) is 0 Å². The lowest BCUT2D eigenvalue weighted by molar-refractivity contribution is -0.136. The number of thioether (sulfide) groups is 1. The van der Waals surface area contributed by atoms with Crippen LogP contribution in [-0.4, -0.2) is 28.0 Å². The zero-order valence-electron chi connectivity index (χ0n) is 4.78. The van der Waals surface area contributed by atoms with Crippen molar-refractivity contribution in [2.45, 2.75) is 5.37 Å². The molecule has 3 nitrogen and oxygen atoms in total. The Morgan fingerprint density at radius 2 is 2.44 bits per heavy atom. The van der Waals surface area contributed by atoms with Crippen LogP contribution in [0.5, 0.6) is 0 Å². The van der Waals surface area contributed by atoms with Gasteiger partial charge in [0.25, 0.3) is 0 Å². The Kier molecular flexibility index (Phi) is 5.03. The highest BCUT2D eigenvalue weighted by Crippen LogP contribution is 2.04. The molecule has 3 N–H and O–H groups in total. The van der Waals surface area contributed by atoms with E-state index >= 15 is 0 Å². The lowest BCUT2D eigenvalue weighted by Crippen LogP contribution is -2.26. The minimum atomic E-state index is -0.971. The summed E-state index contributed by atoms with van der Waals surface area (Å²) in [5.41, 5.74) is 5.13. The summed E-state index contributed by atoms with van der Waals surface area (Å²) in [5, 5.41) is 7.44. The number of hydrogen-bond acceptors (Lipinski definition) is 4. The standard InChI is InChI=1S/C4H9NO2S2/c5-3(4(6)7)9-2-1-8/h3,8H,1-2,5H2,(H,6,7)/t3-/m0/s1. The fraction of sp³-hybridized carbons (Fsp3) is 0.750. The Morgan fingerprint density at radius 1 is 1.89 bits per heavy atom. The molecule has 1 atom stereocenters. The zero-order chi connectivity index (χ0) is 7.28. The van der Waals surface area contributed by atoms with E-state index < -0.39 is 11.3 Å². The molecule has 0 spiro atoms. The number of carboxylic acid groups (broad SMARTS) is 1. The third-order valence-corrected chi connectivity index (χ3v) is 2.16. The Morgan fingerprint density at radius 3 is 2.78 bits per heavy atom. The number of hydrogen-bond donors (Lipinski definition) is 3. The van der Waals surface area contributed by atoms with Crippen LogP contribution in [-0.2, 0) is 4.79 Å². The molecule has 5 heteroatoms. The molecular weight excluding hydrogens is 158 g/mol. The van der Waals surface area contributed by atoms with E-state index in [4.69, 9.17) is 10.8 Å². The smallest absolute Gasteiger partial charge is 0.330 e. The summed E-state index contributed by atoms with van der Waals surface area (Å²) in [6.07, 6.45) is 0. The van der Waals surface area contributed by atoms with E-state index in [9.17, 15) is 4.79 Å². The van der Waals surface area contributed by atoms with Crippen LogP contribution in [0.3, 0.4) is 0 Å². The van der Waals surface area contributed by atoms with Crippen LogP contribution >= 0.6 is 24.4 Å². The Bertz CT molecular complexity index is 98.6. The van der Waals surface area contributed by atoms with Crippen molar-refractivity contribution in [2.24, 2.45) is 5.73 Å². The molecule has 9 heavy (non-hydrogen) atoms. The fourth-order valence-corrected chi connectivity index (χ4v) is 1.07. The predicted octanol–water partition coefficient (Wildman–Crippen LogP) is 0.0188. The lowest BCUT2D eigenvalue weighted by Gasteiger charge is -2.02. The minimum absolute atomic E-state index is 0.658. The van der Waals surface area contributed by atoms with Gasteiger partial charge in [0.05, 0.1) is 0 Å². The van der Waals surface area contributed by atoms with Crippen LogP contribution in [0.25, 0.3) is 0 Å². The van der Waals surface area contributed by atoms with Gasteiger partial charge >= 0.3 is 5.97 Å². The molecule has 0 amide bonds. The van der Waals surface area contributed by atoms with Crippen LogP contribution in [0.2, 0.25) is 0 Å². The van der Waals surface area contributed by atoms with Crippen LogP contribution < -0.4 is 5.73 Å². The first-order chi connectivity index (χ1) is 4.18. The van der Waals surface area contributed by atoms with Gasteiger partial charge in [-0.3, -0.25) is 0 Å². The van der Waals surface area contributed by atoms with Crippen LogP contribution in [0.15, 0.2) is 0 Å².